The van der Waals surface area contributed by atoms with Gasteiger partial charge in [0.1, 0.15) is 0 Å². The number of sulfone groups is 1. The summed E-state index contributed by atoms with van der Waals surface area (Å²) in [4.78, 5) is 20.7. The SMILES string of the molecule is CN(C(=O)c1cncc(NCCN2CCOCC2)c1)C1CCS(=O)(=O)C1. The van der Waals surface area contributed by atoms with Gasteiger partial charge in [-0.1, -0.05) is 0 Å². The molecule has 2 aliphatic rings. The van der Waals surface area contributed by atoms with Gasteiger partial charge in [0.25, 0.3) is 5.91 Å². The summed E-state index contributed by atoms with van der Waals surface area (Å²) in [6.45, 7) is 5.09. The van der Waals surface area contributed by atoms with E-state index >= 15 is 0 Å². The Bertz CT molecular complexity index is 734. The molecule has 0 aromatic carbocycles. The first-order valence-corrected chi connectivity index (χ1v) is 10.7. The molecule has 8 nitrogen and oxygen atoms in total. The lowest BCUT2D eigenvalue weighted by Gasteiger charge is -2.26. The van der Waals surface area contributed by atoms with Gasteiger partial charge < -0.3 is 15.0 Å². The van der Waals surface area contributed by atoms with E-state index in [1.54, 1.807) is 19.3 Å². The Morgan fingerprint density at radius 1 is 1.38 bits per heavy atom. The lowest BCUT2D eigenvalue weighted by molar-refractivity contribution is 0.0398. The molecule has 1 aromatic rings. The molecule has 3 rings (SSSR count). The number of anilines is 1. The van der Waals surface area contributed by atoms with E-state index in [4.69, 9.17) is 4.74 Å². The van der Waals surface area contributed by atoms with Crippen molar-refractivity contribution in [3.63, 3.8) is 0 Å². The summed E-state index contributed by atoms with van der Waals surface area (Å²) in [5, 5.41) is 3.30. The van der Waals surface area contributed by atoms with Crippen molar-refractivity contribution in [3.05, 3.63) is 24.0 Å². The maximum atomic E-state index is 12.7. The van der Waals surface area contributed by atoms with Crippen molar-refractivity contribution < 1.29 is 17.9 Å². The number of rotatable bonds is 6. The van der Waals surface area contributed by atoms with Crippen LogP contribution in [0.4, 0.5) is 5.69 Å². The Kier molecular flexibility index (Phi) is 6.10. The Balaban J connectivity index is 1.55. The van der Waals surface area contributed by atoms with E-state index in [2.05, 4.69) is 15.2 Å². The molecular weight excluding hydrogens is 356 g/mol. The average molecular weight is 382 g/mol. The largest absolute Gasteiger partial charge is 0.382 e. The molecule has 0 radical (unpaired) electrons. The standard InChI is InChI=1S/C17H26N4O4S/c1-20(16-2-9-26(23,24)13-16)17(22)14-10-15(12-18-11-14)19-3-4-21-5-7-25-8-6-21/h10-12,16,19H,2-9,13H2,1H3. The van der Waals surface area contributed by atoms with Crippen molar-refractivity contribution in [1.82, 2.24) is 14.8 Å². The van der Waals surface area contributed by atoms with E-state index < -0.39 is 9.84 Å². The monoisotopic (exact) mass is 382 g/mol. The molecule has 1 atom stereocenters. The molecule has 0 aliphatic carbocycles. The lowest BCUT2D eigenvalue weighted by Crippen LogP contribution is -2.39. The Hall–Kier alpha value is -1.71. The minimum atomic E-state index is -3.02. The smallest absolute Gasteiger partial charge is 0.255 e. The van der Waals surface area contributed by atoms with Crippen molar-refractivity contribution >= 4 is 21.4 Å². The first kappa shape index (κ1) is 19.1. The zero-order valence-electron chi connectivity index (χ0n) is 15.1. The quantitative estimate of drug-likeness (QED) is 0.745. The fourth-order valence-electron chi connectivity index (χ4n) is 3.29. The van der Waals surface area contributed by atoms with Crippen LogP contribution in [0.3, 0.4) is 0 Å². The van der Waals surface area contributed by atoms with Gasteiger partial charge in [-0.05, 0) is 12.5 Å². The third-order valence-electron chi connectivity index (χ3n) is 4.92. The zero-order chi connectivity index (χ0) is 18.6. The van der Waals surface area contributed by atoms with E-state index in [9.17, 15) is 13.2 Å². The second-order valence-corrected chi connectivity index (χ2v) is 9.04. The molecule has 0 saturated carbocycles. The highest BCUT2D eigenvalue weighted by molar-refractivity contribution is 7.91. The molecular formula is C17H26N4O4S. The number of morpholine rings is 1. The van der Waals surface area contributed by atoms with Crippen molar-refractivity contribution in [1.29, 1.82) is 0 Å². The maximum absolute atomic E-state index is 12.7. The number of hydrogen-bond donors (Lipinski definition) is 1. The van der Waals surface area contributed by atoms with E-state index in [0.29, 0.717) is 12.0 Å². The van der Waals surface area contributed by atoms with Crippen molar-refractivity contribution in [3.8, 4) is 0 Å². The number of hydrogen-bond acceptors (Lipinski definition) is 7. The fourth-order valence-corrected chi connectivity index (χ4v) is 5.06. The first-order chi connectivity index (χ1) is 12.4. The lowest BCUT2D eigenvalue weighted by atomic mass is 10.2. The fraction of sp³-hybridized carbons (Fsp3) is 0.647. The van der Waals surface area contributed by atoms with Gasteiger partial charge in [-0.3, -0.25) is 14.7 Å². The maximum Gasteiger partial charge on any atom is 0.255 e. The van der Waals surface area contributed by atoms with Crippen LogP contribution < -0.4 is 5.32 Å². The third kappa shape index (κ3) is 4.93. The van der Waals surface area contributed by atoms with E-state index in [1.807, 2.05) is 0 Å². The van der Waals surface area contributed by atoms with Crippen LogP contribution in [0.2, 0.25) is 0 Å². The topological polar surface area (TPSA) is 91.8 Å². The molecule has 0 spiro atoms. The average Bonchev–Trinajstić information content (AvgIpc) is 3.01. The molecule has 0 bridgehead atoms. The molecule has 144 valence electrons. The van der Waals surface area contributed by atoms with Gasteiger partial charge >= 0.3 is 0 Å². The summed E-state index contributed by atoms with van der Waals surface area (Å²) >= 11 is 0. The molecule has 2 saturated heterocycles. The molecule has 26 heavy (non-hydrogen) atoms. The highest BCUT2D eigenvalue weighted by atomic mass is 32.2. The normalized spacial score (nSPS) is 22.9. The number of amides is 1. The highest BCUT2D eigenvalue weighted by Gasteiger charge is 2.33. The van der Waals surface area contributed by atoms with Crippen molar-refractivity contribution in [2.75, 3.05) is 63.3 Å². The first-order valence-electron chi connectivity index (χ1n) is 8.91. The summed E-state index contributed by atoms with van der Waals surface area (Å²) in [6.07, 6.45) is 3.71. The molecule has 1 N–H and O–H groups in total. The third-order valence-corrected chi connectivity index (χ3v) is 6.67. The summed E-state index contributed by atoms with van der Waals surface area (Å²) in [5.41, 5.74) is 1.25. The highest BCUT2D eigenvalue weighted by Crippen LogP contribution is 2.19. The number of nitrogens with zero attached hydrogens (tertiary/aromatic N) is 3. The van der Waals surface area contributed by atoms with Gasteiger partial charge in [0.05, 0.1) is 36.0 Å². The number of nitrogens with one attached hydrogen (secondary N) is 1. The van der Waals surface area contributed by atoms with Crippen LogP contribution in [0.1, 0.15) is 16.8 Å². The minimum absolute atomic E-state index is 0.0418. The van der Waals surface area contributed by atoms with Gasteiger partial charge in [0.15, 0.2) is 9.84 Å². The predicted octanol–water partition coefficient (Wildman–Crippen LogP) is 0.0848. The van der Waals surface area contributed by atoms with Crippen LogP contribution in [0.5, 0.6) is 0 Å². The van der Waals surface area contributed by atoms with Gasteiger partial charge in [-0.25, -0.2) is 8.42 Å². The van der Waals surface area contributed by atoms with Gasteiger partial charge in [0.2, 0.25) is 0 Å². The molecule has 1 aromatic heterocycles. The minimum Gasteiger partial charge on any atom is -0.382 e. The Morgan fingerprint density at radius 3 is 2.85 bits per heavy atom. The second-order valence-electron chi connectivity index (χ2n) is 6.82. The summed E-state index contributed by atoms with van der Waals surface area (Å²) in [5.74, 6) is -0.00645. The predicted molar refractivity (Wildman–Crippen MR) is 99.1 cm³/mol. The van der Waals surface area contributed by atoms with Gasteiger partial charge in [0, 0.05) is 51.7 Å². The van der Waals surface area contributed by atoms with E-state index in [-0.39, 0.29) is 23.5 Å². The summed E-state index contributed by atoms with van der Waals surface area (Å²) < 4.78 is 28.6. The molecule has 2 fully saturated rings. The number of ether oxygens (including phenoxy) is 1. The van der Waals surface area contributed by atoms with E-state index in [1.165, 1.54) is 11.1 Å². The van der Waals surface area contributed by atoms with Gasteiger partial charge in [-0.15, -0.1) is 0 Å². The molecule has 3 heterocycles. The summed E-state index contributed by atoms with van der Waals surface area (Å²) in [7, 11) is -1.36. The molecule has 1 unspecified atom stereocenters. The zero-order valence-corrected chi connectivity index (χ0v) is 15.9. The number of carbonyl (C=O) groups excluding carboxylic acids is 1. The van der Waals surface area contributed by atoms with Crippen LogP contribution in [0.15, 0.2) is 18.5 Å². The number of carbonyl (C=O) groups is 1. The van der Waals surface area contributed by atoms with E-state index in [0.717, 1.165) is 45.1 Å². The Labute approximate surface area is 154 Å². The van der Waals surface area contributed by atoms with Crippen molar-refractivity contribution in [2.45, 2.75) is 12.5 Å². The van der Waals surface area contributed by atoms with Crippen LogP contribution in [-0.2, 0) is 14.6 Å². The van der Waals surface area contributed by atoms with Gasteiger partial charge in [-0.2, -0.15) is 0 Å². The van der Waals surface area contributed by atoms with Crippen LogP contribution in [-0.4, -0.2) is 93.1 Å². The number of pyridine rings is 1. The Morgan fingerprint density at radius 2 is 2.15 bits per heavy atom. The van der Waals surface area contributed by atoms with Crippen molar-refractivity contribution in [2.24, 2.45) is 0 Å². The molecule has 2 aliphatic heterocycles. The molecule has 9 heteroatoms. The van der Waals surface area contributed by atoms with Crippen LogP contribution >= 0.6 is 0 Å². The molecule has 1 amide bonds. The summed E-state index contributed by atoms with van der Waals surface area (Å²) in [6, 6.07) is 1.51. The van der Waals surface area contributed by atoms with Crippen LogP contribution in [0, 0.1) is 0 Å². The number of aromatic nitrogens is 1. The second kappa shape index (κ2) is 8.32. The van der Waals surface area contributed by atoms with Crippen LogP contribution in [0.25, 0.3) is 0 Å².